The number of carbonyl (C=O) groups is 1. The maximum Gasteiger partial charge on any atom is 0.471 e. The Bertz CT molecular complexity index is 2630. The quantitative estimate of drug-likeness (QED) is 0.0335. The summed E-state index contributed by atoms with van der Waals surface area (Å²) >= 11 is 0. The molecular formula is C69H114F3N15O4S. The number of nitrogens with one attached hydrogen (secondary N) is 6. The standard InChI is InChI=1S/C19H42N6.C19H29N3O2S.C16H31N3O.C15H12F3N3O/c1-22(2)18(23(3)4)20-16-14-12-10-9-11-13-15-17-21-19(24(5)6)25(7)8;23-25(24,18-14-8-3-9-15-18)22-19(20-16-10-4-1-5-11-16)21-17-12-6-2-7-13-17;1-20-13-12-17-16(18-14-8-4-2-5-9-14)19-15-10-6-3-7-11-15;16-15(17,18)13(22)21-14(19-11-7-3-1-4-8-11)20-12-9-5-2-6-10-12/h9-17H2,1-8H3;3,8-9,14-17H,1-2,4-7,10-13H2,(H2,20,21,22);14-15H,2-13H2,1H3,(H2,17,18,19);1-10H,(H2,19,20,21,22). The van der Waals surface area contributed by atoms with Crippen molar-refractivity contribution in [2.75, 3.05) is 95.0 Å². The van der Waals surface area contributed by atoms with Crippen LogP contribution in [0.4, 0.5) is 24.5 Å². The first kappa shape index (κ1) is 77.8. The molecule has 516 valence electrons. The molecule has 92 heavy (non-hydrogen) atoms. The lowest BCUT2D eigenvalue weighted by Gasteiger charge is -2.29. The van der Waals surface area contributed by atoms with Crippen LogP contribution in [0.1, 0.15) is 173 Å². The zero-order valence-electron chi connectivity index (χ0n) is 57.1. The van der Waals surface area contributed by atoms with Crippen LogP contribution >= 0.6 is 0 Å². The second-order valence-corrected chi connectivity index (χ2v) is 26.7. The number of hydrogen-bond acceptors (Lipinski definition) is 9. The first-order valence-electron chi connectivity index (χ1n) is 33.8. The number of carbonyl (C=O) groups excluding carboxylic acids is 1. The van der Waals surface area contributed by atoms with Crippen molar-refractivity contribution in [2.45, 2.75) is 209 Å². The number of sulfonamides is 1. The van der Waals surface area contributed by atoms with E-state index in [0.717, 1.165) is 63.2 Å². The van der Waals surface area contributed by atoms with E-state index in [1.165, 1.54) is 148 Å². The van der Waals surface area contributed by atoms with E-state index in [1.807, 2.05) is 62.4 Å². The van der Waals surface area contributed by atoms with E-state index in [4.69, 9.17) is 9.73 Å². The van der Waals surface area contributed by atoms with E-state index in [9.17, 15) is 26.4 Å². The van der Waals surface area contributed by atoms with Crippen molar-refractivity contribution < 1.29 is 31.1 Å². The van der Waals surface area contributed by atoms with Crippen LogP contribution in [0.15, 0.2) is 121 Å². The molecule has 3 aromatic carbocycles. The zero-order valence-corrected chi connectivity index (χ0v) is 57.9. The van der Waals surface area contributed by atoms with Crippen molar-refractivity contribution in [3.05, 3.63) is 91.0 Å². The minimum Gasteiger partial charge on any atom is -0.383 e. The van der Waals surface area contributed by atoms with Crippen molar-refractivity contribution in [3.8, 4) is 0 Å². The number of rotatable bonds is 21. The smallest absolute Gasteiger partial charge is 0.383 e. The Kier molecular flexibility index (Phi) is 37.9. The Morgan fingerprint density at radius 2 is 0.891 bits per heavy atom. The van der Waals surface area contributed by atoms with Crippen LogP contribution in [0, 0.1) is 0 Å². The first-order chi connectivity index (χ1) is 44.2. The number of guanidine groups is 5. The highest BCUT2D eigenvalue weighted by molar-refractivity contribution is 7.90. The van der Waals surface area contributed by atoms with E-state index in [-0.39, 0.29) is 16.9 Å². The number of ether oxygens (including phenoxy) is 1. The highest BCUT2D eigenvalue weighted by Crippen LogP contribution is 2.23. The normalized spacial score (nSPS) is 16.0. The molecule has 0 unspecified atom stereocenters. The van der Waals surface area contributed by atoms with E-state index in [2.05, 4.69) is 65.6 Å². The first-order valence-corrected chi connectivity index (χ1v) is 35.3. The van der Waals surface area contributed by atoms with Gasteiger partial charge in [-0.1, -0.05) is 164 Å². The van der Waals surface area contributed by atoms with E-state index in [1.54, 1.807) is 97.4 Å². The van der Waals surface area contributed by atoms with Crippen LogP contribution in [0.5, 0.6) is 0 Å². The Hall–Kier alpha value is -6.62. The van der Waals surface area contributed by atoms with Gasteiger partial charge in [0, 0.05) is 100 Å². The Morgan fingerprint density at radius 3 is 1.30 bits per heavy atom. The molecule has 0 atom stereocenters. The minimum absolute atomic E-state index is 0.221. The summed E-state index contributed by atoms with van der Waals surface area (Å²) in [5.74, 6) is 1.15. The molecule has 0 heterocycles. The fourth-order valence-electron chi connectivity index (χ4n) is 11.4. The number of nitrogens with zero attached hydrogens (tertiary/aromatic N) is 9. The van der Waals surface area contributed by atoms with Gasteiger partial charge in [-0.05, 0) is 101 Å². The van der Waals surface area contributed by atoms with Crippen LogP contribution < -0.4 is 31.3 Å². The third-order valence-electron chi connectivity index (χ3n) is 16.0. The predicted octanol–water partition coefficient (Wildman–Crippen LogP) is 12.5. The number of hydrogen-bond donors (Lipinski definition) is 6. The van der Waals surface area contributed by atoms with Crippen LogP contribution in [0.3, 0.4) is 0 Å². The third kappa shape index (κ3) is 33.8. The zero-order chi connectivity index (χ0) is 66.8. The lowest BCUT2D eigenvalue weighted by molar-refractivity contribution is -0.171. The Morgan fingerprint density at radius 1 is 0.500 bits per heavy atom. The van der Waals surface area contributed by atoms with Crippen molar-refractivity contribution >= 4 is 57.1 Å². The molecule has 4 fully saturated rings. The van der Waals surface area contributed by atoms with E-state index < -0.39 is 22.1 Å². The molecule has 4 aliphatic carbocycles. The third-order valence-corrected chi connectivity index (χ3v) is 17.4. The maximum absolute atomic E-state index is 12.7. The molecule has 4 aliphatic rings. The molecular weight excluding hydrogens is 1190 g/mol. The van der Waals surface area contributed by atoms with Crippen LogP contribution in [-0.4, -0.2) is 184 Å². The van der Waals surface area contributed by atoms with Gasteiger partial charge in [-0.2, -0.15) is 13.2 Å². The summed E-state index contributed by atoms with van der Waals surface area (Å²) in [5.41, 5.74) is 0.906. The van der Waals surface area contributed by atoms with Gasteiger partial charge in [-0.25, -0.2) is 23.1 Å². The van der Waals surface area contributed by atoms with Crippen molar-refractivity contribution in [1.82, 2.24) is 45.6 Å². The molecule has 0 spiro atoms. The van der Waals surface area contributed by atoms with Gasteiger partial charge in [-0.15, -0.1) is 0 Å². The van der Waals surface area contributed by atoms with Gasteiger partial charge in [0.15, 0.2) is 17.9 Å². The van der Waals surface area contributed by atoms with Gasteiger partial charge >= 0.3 is 12.1 Å². The van der Waals surface area contributed by atoms with E-state index in [0.29, 0.717) is 42.1 Å². The minimum atomic E-state index is -4.99. The Balaban J connectivity index is 0.000000262. The predicted molar refractivity (Wildman–Crippen MR) is 375 cm³/mol. The lowest BCUT2D eigenvalue weighted by Crippen LogP contribution is -2.48. The number of aliphatic imine (C=N–C) groups is 5. The summed E-state index contributed by atoms with van der Waals surface area (Å²) in [6.07, 6.45) is 28.8. The number of alkyl halides is 3. The Labute approximate surface area is 550 Å². The average molecular weight is 1310 g/mol. The van der Waals surface area contributed by atoms with Crippen molar-refractivity contribution in [1.29, 1.82) is 0 Å². The second-order valence-electron chi connectivity index (χ2n) is 25.0. The van der Waals surface area contributed by atoms with Crippen molar-refractivity contribution in [2.24, 2.45) is 25.0 Å². The molecule has 0 bridgehead atoms. The fourth-order valence-corrected chi connectivity index (χ4v) is 12.4. The number of benzene rings is 3. The maximum atomic E-state index is 12.7. The van der Waals surface area contributed by atoms with Gasteiger partial charge in [-0.3, -0.25) is 25.1 Å². The van der Waals surface area contributed by atoms with Crippen molar-refractivity contribution in [3.63, 3.8) is 0 Å². The SMILES string of the molecule is CN(C)C(=NCCCCCCCCCN=C(N(C)C)N(C)C)N(C)C.COCCN=C(NC1CCCCC1)NC1CCCCC1.O=C(NC(=Nc1ccccc1)Nc1ccccc1)C(F)(F)F.O=S(=O)(NC(=NC1CCCCC1)NC1CCCCC1)c1ccccc1. The summed E-state index contributed by atoms with van der Waals surface area (Å²) < 4.78 is 70.4. The number of anilines is 1. The molecule has 19 nitrogen and oxygen atoms in total. The summed E-state index contributed by atoms with van der Waals surface area (Å²) in [4.78, 5) is 42.4. The topological polar surface area (TPSA) is 207 Å². The average Bonchev–Trinajstić information content (AvgIpc) is 1.15. The monoisotopic (exact) mass is 1310 g/mol. The number of methoxy groups -OCH3 is 1. The molecule has 4 saturated carbocycles. The number of halogens is 3. The van der Waals surface area contributed by atoms with Gasteiger partial charge in [0.2, 0.25) is 11.9 Å². The van der Waals surface area contributed by atoms with Gasteiger partial charge in [0.05, 0.1) is 29.8 Å². The van der Waals surface area contributed by atoms with Gasteiger partial charge < -0.3 is 45.6 Å². The molecule has 23 heteroatoms. The van der Waals surface area contributed by atoms with Gasteiger partial charge in [0.25, 0.3) is 10.0 Å². The summed E-state index contributed by atoms with van der Waals surface area (Å²) in [6, 6.07) is 27.0. The molecule has 7 rings (SSSR count). The second kappa shape index (κ2) is 44.8. The summed E-state index contributed by atoms with van der Waals surface area (Å²) in [7, 11) is 14.5. The molecule has 0 aromatic heterocycles. The summed E-state index contributed by atoms with van der Waals surface area (Å²) in [6.45, 7) is 3.30. The molecule has 0 radical (unpaired) electrons. The molecule has 1 amide bonds. The highest BCUT2D eigenvalue weighted by atomic mass is 32.2. The number of unbranched alkanes of at least 4 members (excludes halogenated alkanes) is 6. The summed E-state index contributed by atoms with van der Waals surface area (Å²) in [5, 5.41) is 15.1. The van der Waals surface area contributed by atoms with Crippen LogP contribution in [-0.2, 0) is 19.6 Å². The fraction of sp³-hybridized carbons (Fsp3) is 0.652. The van der Waals surface area contributed by atoms with Gasteiger partial charge in [0.1, 0.15) is 0 Å². The molecule has 6 N–H and O–H groups in total. The van der Waals surface area contributed by atoms with E-state index >= 15 is 0 Å². The lowest BCUT2D eigenvalue weighted by atomic mass is 9.95. The number of para-hydroxylation sites is 2. The number of amides is 1. The molecule has 0 aliphatic heterocycles. The van der Waals surface area contributed by atoms with Crippen LogP contribution in [0.25, 0.3) is 0 Å². The molecule has 0 saturated heterocycles. The van der Waals surface area contributed by atoms with Crippen LogP contribution in [0.2, 0.25) is 0 Å². The molecule has 3 aromatic rings. The highest BCUT2D eigenvalue weighted by Gasteiger charge is 2.39. The largest absolute Gasteiger partial charge is 0.471 e.